The molecule has 11 nitrogen and oxygen atoms in total. The van der Waals surface area contributed by atoms with Crippen LogP contribution in [-0.4, -0.2) is 44.4 Å². The number of nitrogens with two attached hydrogens (primary N) is 1. The molecule has 0 spiro atoms. The average Bonchev–Trinajstić information content (AvgIpc) is 3.32. The van der Waals surface area contributed by atoms with Crippen molar-refractivity contribution in [1.82, 2.24) is 20.3 Å². The third-order valence-electron chi connectivity index (χ3n) is 5.43. The minimum absolute atomic E-state index is 0.0133. The molecule has 0 fully saturated rings. The van der Waals surface area contributed by atoms with Crippen molar-refractivity contribution in [2.24, 2.45) is 5.73 Å². The van der Waals surface area contributed by atoms with Gasteiger partial charge in [0, 0.05) is 18.8 Å². The SMILES string of the molecule is C[C@@H](N)c1ccc(F)cc1.O=C1COc2ccc(CNC(=O)c3ncnc4c(C(=O)O)c[nH]c34)cc2N1. The van der Waals surface area contributed by atoms with Gasteiger partial charge in [0.15, 0.2) is 12.3 Å². The van der Waals surface area contributed by atoms with E-state index in [2.05, 4.69) is 25.6 Å². The maximum atomic E-state index is 12.5. The second kappa shape index (κ2) is 10.8. The van der Waals surface area contributed by atoms with E-state index in [0.29, 0.717) is 11.4 Å². The molecule has 190 valence electrons. The third-order valence-corrected chi connectivity index (χ3v) is 5.43. The number of hydrogen-bond donors (Lipinski definition) is 5. The van der Waals surface area contributed by atoms with E-state index in [4.69, 9.17) is 15.6 Å². The van der Waals surface area contributed by atoms with Crippen LogP contribution in [0.3, 0.4) is 0 Å². The Labute approximate surface area is 209 Å². The Kier molecular flexibility index (Phi) is 7.39. The van der Waals surface area contributed by atoms with Crippen LogP contribution in [0.25, 0.3) is 11.0 Å². The number of fused-ring (bicyclic) bond motifs is 2. The van der Waals surface area contributed by atoms with E-state index >= 15 is 0 Å². The second-order valence-electron chi connectivity index (χ2n) is 8.14. The Bertz CT molecular complexity index is 1470. The number of aromatic carboxylic acids is 1. The molecule has 6 N–H and O–H groups in total. The number of carbonyl (C=O) groups is 3. The van der Waals surface area contributed by atoms with Crippen molar-refractivity contribution < 1.29 is 28.6 Å². The van der Waals surface area contributed by atoms with Gasteiger partial charge in [-0.1, -0.05) is 18.2 Å². The number of nitrogens with zero attached hydrogens (tertiary/aromatic N) is 2. The zero-order valence-corrected chi connectivity index (χ0v) is 19.6. The van der Waals surface area contributed by atoms with E-state index in [1.165, 1.54) is 18.3 Å². The van der Waals surface area contributed by atoms with E-state index < -0.39 is 11.9 Å². The average molecular weight is 506 g/mol. The molecule has 2 amide bonds. The largest absolute Gasteiger partial charge is 0.482 e. The number of carbonyl (C=O) groups excluding carboxylic acids is 2. The zero-order chi connectivity index (χ0) is 26.5. The zero-order valence-electron chi connectivity index (χ0n) is 19.6. The highest BCUT2D eigenvalue weighted by Gasteiger charge is 2.20. The van der Waals surface area contributed by atoms with Crippen LogP contribution in [-0.2, 0) is 11.3 Å². The highest BCUT2D eigenvalue weighted by Crippen LogP contribution is 2.28. The lowest BCUT2D eigenvalue weighted by Gasteiger charge is -2.18. The summed E-state index contributed by atoms with van der Waals surface area (Å²) in [5.74, 6) is -1.53. The van der Waals surface area contributed by atoms with Crippen molar-refractivity contribution in [2.75, 3.05) is 11.9 Å². The van der Waals surface area contributed by atoms with Crippen molar-refractivity contribution in [3.63, 3.8) is 0 Å². The normalized spacial score (nSPS) is 12.9. The minimum atomic E-state index is -1.15. The van der Waals surface area contributed by atoms with Gasteiger partial charge in [0.2, 0.25) is 0 Å². The predicted octanol–water partition coefficient (Wildman–Crippen LogP) is 2.76. The summed E-state index contributed by atoms with van der Waals surface area (Å²) < 4.78 is 17.6. The fourth-order valence-corrected chi connectivity index (χ4v) is 3.55. The molecular formula is C25H23FN6O5. The summed E-state index contributed by atoms with van der Waals surface area (Å²) in [4.78, 5) is 45.7. The number of ether oxygens (including phenoxy) is 1. The maximum absolute atomic E-state index is 12.5. The van der Waals surface area contributed by atoms with Gasteiger partial charge in [-0.2, -0.15) is 0 Å². The number of rotatable bonds is 5. The van der Waals surface area contributed by atoms with E-state index in [0.717, 1.165) is 17.5 Å². The van der Waals surface area contributed by atoms with Gasteiger partial charge in [-0.15, -0.1) is 0 Å². The van der Waals surface area contributed by atoms with Crippen molar-refractivity contribution in [3.05, 3.63) is 83.2 Å². The molecule has 0 saturated carbocycles. The Balaban J connectivity index is 0.000000270. The molecule has 0 saturated heterocycles. The van der Waals surface area contributed by atoms with Crippen LogP contribution in [0.1, 0.15) is 44.9 Å². The predicted molar refractivity (Wildman–Crippen MR) is 132 cm³/mol. The van der Waals surface area contributed by atoms with Crippen LogP contribution in [0.15, 0.2) is 55.0 Å². The molecule has 3 heterocycles. The lowest BCUT2D eigenvalue weighted by atomic mass is 10.1. The summed E-state index contributed by atoms with van der Waals surface area (Å²) in [5, 5.41) is 14.6. The van der Waals surface area contributed by atoms with Gasteiger partial charge in [-0.05, 0) is 42.3 Å². The van der Waals surface area contributed by atoms with Gasteiger partial charge in [0.25, 0.3) is 11.8 Å². The van der Waals surface area contributed by atoms with Gasteiger partial charge in [0.1, 0.15) is 29.0 Å². The molecule has 0 radical (unpaired) electrons. The first-order chi connectivity index (χ1) is 17.7. The van der Waals surface area contributed by atoms with E-state index in [1.807, 2.05) is 6.92 Å². The van der Waals surface area contributed by atoms with E-state index in [9.17, 15) is 18.8 Å². The molecule has 1 aliphatic heterocycles. The minimum Gasteiger partial charge on any atom is -0.482 e. The van der Waals surface area contributed by atoms with E-state index in [-0.39, 0.29) is 53.2 Å². The topological polar surface area (TPSA) is 172 Å². The van der Waals surface area contributed by atoms with Crippen LogP contribution < -0.4 is 21.1 Å². The fourth-order valence-electron chi connectivity index (χ4n) is 3.55. The van der Waals surface area contributed by atoms with Crippen LogP contribution in [0.2, 0.25) is 0 Å². The highest BCUT2D eigenvalue weighted by atomic mass is 19.1. The molecule has 12 heteroatoms. The summed E-state index contributed by atoms with van der Waals surface area (Å²) in [7, 11) is 0. The number of benzene rings is 2. The Morgan fingerprint density at radius 1 is 1.22 bits per heavy atom. The third kappa shape index (κ3) is 5.87. The van der Waals surface area contributed by atoms with Crippen molar-refractivity contribution in [3.8, 4) is 5.75 Å². The number of nitrogens with one attached hydrogen (secondary N) is 3. The summed E-state index contributed by atoms with van der Waals surface area (Å²) >= 11 is 0. The molecular weight excluding hydrogens is 483 g/mol. The van der Waals surface area contributed by atoms with Crippen molar-refractivity contribution >= 4 is 34.5 Å². The van der Waals surface area contributed by atoms with Crippen molar-refractivity contribution in [1.29, 1.82) is 0 Å². The van der Waals surface area contributed by atoms with Gasteiger partial charge >= 0.3 is 5.97 Å². The molecule has 1 atom stereocenters. The molecule has 1 aliphatic rings. The molecule has 5 rings (SSSR count). The maximum Gasteiger partial charge on any atom is 0.339 e. The first-order valence-electron chi connectivity index (χ1n) is 11.1. The monoisotopic (exact) mass is 506 g/mol. The Morgan fingerprint density at radius 2 is 1.97 bits per heavy atom. The van der Waals surface area contributed by atoms with Crippen LogP contribution in [0.4, 0.5) is 10.1 Å². The lowest BCUT2D eigenvalue weighted by Crippen LogP contribution is -2.26. The number of amides is 2. The van der Waals surface area contributed by atoms with Gasteiger partial charge in [0.05, 0.1) is 11.2 Å². The van der Waals surface area contributed by atoms with Crippen LogP contribution >= 0.6 is 0 Å². The molecule has 0 aliphatic carbocycles. The summed E-state index contributed by atoms with van der Waals surface area (Å²) in [6.45, 7) is 2.02. The van der Waals surface area contributed by atoms with Gasteiger partial charge in [-0.25, -0.2) is 19.2 Å². The van der Waals surface area contributed by atoms with Crippen molar-refractivity contribution in [2.45, 2.75) is 19.5 Å². The molecule has 0 bridgehead atoms. The first kappa shape index (κ1) is 25.3. The quantitative estimate of drug-likeness (QED) is 0.275. The fraction of sp³-hybridized carbons (Fsp3) is 0.160. The molecule has 2 aromatic heterocycles. The number of aromatic amines is 1. The highest BCUT2D eigenvalue weighted by molar-refractivity contribution is 6.08. The summed E-state index contributed by atoms with van der Waals surface area (Å²) in [6.07, 6.45) is 2.41. The van der Waals surface area contributed by atoms with Gasteiger partial charge in [-0.3, -0.25) is 9.59 Å². The number of halogens is 1. The van der Waals surface area contributed by atoms with Crippen LogP contribution in [0.5, 0.6) is 5.75 Å². The number of carboxylic acid groups (broad SMARTS) is 1. The summed E-state index contributed by atoms with van der Waals surface area (Å²) in [6, 6.07) is 11.4. The second-order valence-corrected chi connectivity index (χ2v) is 8.14. The standard InChI is InChI=1S/C17H13N5O5.C8H10FN/c23-12-6-27-11-2-1-8(3-10(11)22-12)4-19-16(24)15-14-13(20-7-21-15)9(5-18-14)17(25)26;1-6(10)7-2-4-8(9)5-3-7/h1-3,5,7,18H,4,6H2,(H,19,24)(H,22,23)(H,25,26);2-6H,10H2,1H3/t;6-/m.1/s1. The van der Waals surface area contributed by atoms with E-state index in [1.54, 1.807) is 30.3 Å². The van der Waals surface area contributed by atoms with Gasteiger partial charge < -0.3 is 31.2 Å². The Hall–Kier alpha value is -4.84. The Morgan fingerprint density at radius 3 is 2.68 bits per heavy atom. The molecule has 4 aromatic rings. The number of hydrogen-bond acceptors (Lipinski definition) is 7. The molecule has 37 heavy (non-hydrogen) atoms. The lowest BCUT2D eigenvalue weighted by molar-refractivity contribution is -0.118. The summed E-state index contributed by atoms with van der Waals surface area (Å²) in [5.41, 5.74) is 8.21. The smallest absolute Gasteiger partial charge is 0.339 e. The van der Waals surface area contributed by atoms with Crippen LogP contribution in [0, 0.1) is 5.82 Å². The number of aromatic nitrogens is 3. The molecule has 2 aromatic carbocycles. The molecule has 0 unspecified atom stereocenters. The number of H-pyrrole nitrogens is 1. The number of anilines is 1. The number of carboxylic acids is 1. The first-order valence-corrected chi connectivity index (χ1v) is 11.1.